The quantitative estimate of drug-likeness (QED) is 0.771. The minimum atomic E-state index is 0.331. The second-order valence-corrected chi connectivity index (χ2v) is 7.26. The van der Waals surface area contributed by atoms with Gasteiger partial charge in [0, 0.05) is 29.2 Å². The van der Waals surface area contributed by atoms with Crippen molar-refractivity contribution < 1.29 is 4.79 Å². The molecule has 2 unspecified atom stereocenters. The van der Waals surface area contributed by atoms with Crippen LogP contribution in [-0.2, 0) is 11.2 Å². The molecule has 2 atom stereocenters. The van der Waals surface area contributed by atoms with Gasteiger partial charge in [-0.25, -0.2) is 0 Å². The van der Waals surface area contributed by atoms with Crippen LogP contribution in [0.4, 0.5) is 0 Å². The predicted octanol–water partition coefficient (Wildman–Crippen LogP) is 3.70. The minimum absolute atomic E-state index is 0.331. The fourth-order valence-electron chi connectivity index (χ4n) is 2.37. The zero-order chi connectivity index (χ0) is 13.0. The molecule has 2 heterocycles. The number of piperidine rings is 1. The molecule has 0 bridgehead atoms. The van der Waals surface area contributed by atoms with E-state index >= 15 is 0 Å². The molecule has 1 aromatic heterocycles. The smallest absolute Gasteiger partial charge is 0.222 e. The third-order valence-corrected chi connectivity index (χ3v) is 5.84. The van der Waals surface area contributed by atoms with Crippen LogP contribution in [-0.4, -0.2) is 28.7 Å². The third kappa shape index (κ3) is 3.82. The van der Waals surface area contributed by atoms with E-state index < -0.39 is 0 Å². The van der Waals surface area contributed by atoms with E-state index in [0.717, 1.165) is 32.4 Å². The van der Waals surface area contributed by atoms with E-state index in [0.29, 0.717) is 23.1 Å². The van der Waals surface area contributed by atoms with Gasteiger partial charge in [-0.1, -0.05) is 28.9 Å². The van der Waals surface area contributed by atoms with Crippen molar-refractivity contribution in [2.45, 2.75) is 37.4 Å². The van der Waals surface area contributed by atoms with Crippen molar-refractivity contribution in [1.29, 1.82) is 0 Å². The Balaban J connectivity index is 1.71. The van der Waals surface area contributed by atoms with Gasteiger partial charge in [-0.05, 0) is 36.6 Å². The van der Waals surface area contributed by atoms with Crippen LogP contribution in [0, 0.1) is 5.92 Å². The summed E-state index contributed by atoms with van der Waals surface area (Å²) in [6.07, 6.45) is 3.78. The maximum absolute atomic E-state index is 12.1. The van der Waals surface area contributed by atoms with E-state index in [1.165, 1.54) is 4.88 Å². The first-order valence-corrected chi connectivity index (χ1v) is 8.40. The van der Waals surface area contributed by atoms with Gasteiger partial charge in [0.05, 0.1) is 0 Å². The molecule has 2 rings (SSSR count). The number of likely N-dealkylation sites (tertiary alicyclic amines) is 1. The van der Waals surface area contributed by atoms with Crippen molar-refractivity contribution >= 4 is 33.2 Å². The Morgan fingerprint density at radius 3 is 3.11 bits per heavy atom. The molecule has 1 saturated heterocycles. The van der Waals surface area contributed by atoms with E-state index in [9.17, 15) is 4.79 Å². The van der Waals surface area contributed by atoms with Gasteiger partial charge in [-0.15, -0.1) is 11.3 Å². The molecule has 1 aliphatic heterocycles. The van der Waals surface area contributed by atoms with Gasteiger partial charge in [-0.3, -0.25) is 4.79 Å². The lowest BCUT2D eigenvalue weighted by molar-refractivity contribution is -0.132. The molecule has 1 aliphatic rings. The molecule has 0 radical (unpaired) electrons. The van der Waals surface area contributed by atoms with Crippen molar-refractivity contribution in [2.24, 2.45) is 5.92 Å². The Morgan fingerprint density at radius 2 is 2.44 bits per heavy atom. The zero-order valence-corrected chi connectivity index (χ0v) is 13.2. The Labute approximate surface area is 122 Å². The van der Waals surface area contributed by atoms with Gasteiger partial charge < -0.3 is 4.90 Å². The zero-order valence-electron chi connectivity index (χ0n) is 10.8. The number of thiophene rings is 1. The van der Waals surface area contributed by atoms with E-state index in [-0.39, 0.29) is 0 Å². The van der Waals surface area contributed by atoms with Crippen LogP contribution in [0.15, 0.2) is 17.5 Å². The molecule has 2 nitrogen and oxygen atoms in total. The Morgan fingerprint density at radius 1 is 1.61 bits per heavy atom. The van der Waals surface area contributed by atoms with E-state index in [1.807, 2.05) is 4.90 Å². The number of amides is 1. The third-order valence-electron chi connectivity index (χ3n) is 3.55. The van der Waals surface area contributed by atoms with Crippen molar-refractivity contribution in [3.05, 3.63) is 22.4 Å². The number of rotatable bonds is 4. The van der Waals surface area contributed by atoms with Crippen LogP contribution in [0.2, 0.25) is 0 Å². The van der Waals surface area contributed by atoms with Gasteiger partial charge in [0.15, 0.2) is 0 Å². The Hall–Kier alpha value is -0.350. The molecule has 1 amide bonds. The lowest BCUT2D eigenvalue weighted by Crippen LogP contribution is -2.43. The highest BCUT2D eigenvalue weighted by molar-refractivity contribution is 9.09. The minimum Gasteiger partial charge on any atom is -0.342 e. The van der Waals surface area contributed by atoms with Crippen LogP contribution in [0.5, 0.6) is 0 Å². The highest BCUT2D eigenvalue weighted by atomic mass is 79.9. The molecule has 0 saturated carbocycles. The molecule has 0 aliphatic carbocycles. The number of aryl methyl sites for hydroxylation is 1. The first-order chi connectivity index (χ1) is 8.66. The summed E-state index contributed by atoms with van der Waals surface area (Å²) in [7, 11) is 0. The summed E-state index contributed by atoms with van der Waals surface area (Å²) in [6.45, 7) is 4.04. The number of carbonyl (C=O) groups excluding carboxylic acids is 1. The number of nitrogens with zero attached hydrogens (tertiary/aromatic N) is 1. The van der Waals surface area contributed by atoms with Gasteiger partial charge in [-0.2, -0.15) is 0 Å². The van der Waals surface area contributed by atoms with Crippen molar-refractivity contribution in [2.75, 3.05) is 13.1 Å². The first kappa shape index (κ1) is 14.1. The number of carbonyl (C=O) groups is 1. The van der Waals surface area contributed by atoms with Gasteiger partial charge in [0.2, 0.25) is 5.91 Å². The Bertz CT molecular complexity index is 379. The van der Waals surface area contributed by atoms with Crippen LogP contribution in [0.25, 0.3) is 0 Å². The summed E-state index contributed by atoms with van der Waals surface area (Å²) in [4.78, 5) is 16.1. The maximum atomic E-state index is 12.1. The number of alkyl halides is 1. The average molecular weight is 330 g/mol. The second kappa shape index (κ2) is 6.71. The summed E-state index contributed by atoms with van der Waals surface area (Å²) >= 11 is 5.45. The summed E-state index contributed by atoms with van der Waals surface area (Å²) in [5, 5.41) is 2.10. The van der Waals surface area contributed by atoms with E-state index in [2.05, 4.69) is 40.4 Å². The van der Waals surface area contributed by atoms with Crippen molar-refractivity contribution in [1.82, 2.24) is 4.90 Å². The summed E-state index contributed by atoms with van der Waals surface area (Å²) in [5.41, 5.74) is 0. The van der Waals surface area contributed by atoms with Crippen LogP contribution < -0.4 is 0 Å². The molecule has 1 fully saturated rings. The van der Waals surface area contributed by atoms with Gasteiger partial charge in [0.25, 0.3) is 0 Å². The van der Waals surface area contributed by atoms with Gasteiger partial charge >= 0.3 is 0 Å². The topological polar surface area (TPSA) is 20.3 Å². The molecule has 100 valence electrons. The van der Waals surface area contributed by atoms with Crippen LogP contribution in [0.3, 0.4) is 0 Å². The van der Waals surface area contributed by atoms with Crippen molar-refractivity contribution in [3.8, 4) is 0 Å². The second-order valence-electron chi connectivity index (χ2n) is 5.05. The predicted molar refractivity (Wildman–Crippen MR) is 80.3 cm³/mol. The fourth-order valence-corrected chi connectivity index (χ4v) is 3.49. The summed E-state index contributed by atoms with van der Waals surface area (Å²) in [6, 6.07) is 4.22. The highest BCUT2D eigenvalue weighted by Crippen LogP contribution is 2.24. The molecule has 0 N–H and O–H groups in total. The fraction of sp³-hybridized carbons (Fsp3) is 0.643. The largest absolute Gasteiger partial charge is 0.342 e. The molecule has 0 spiro atoms. The monoisotopic (exact) mass is 329 g/mol. The van der Waals surface area contributed by atoms with Gasteiger partial charge in [0.1, 0.15) is 0 Å². The molecular formula is C14H20BrNOS. The SMILES string of the molecule is CC1CN(C(=O)CCCc2cccs2)CCC1Br. The van der Waals surface area contributed by atoms with Crippen molar-refractivity contribution in [3.63, 3.8) is 0 Å². The first-order valence-electron chi connectivity index (χ1n) is 6.61. The number of halogens is 1. The van der Waals surface area contributed by atoms with Crippen LogP contribution >= 0.6 is 27.3 Å². The standard InChI is InChI=1S/C14H20BrNOS/c1-11-10-16(8-7-13(11)15)14(17)6-2-4-12-5-3-9-18-12/h3,5,9,11,13H,2,4,6-8,10H2,1H3. The molecular weight excluding hydrogens is 310 g/mol. The lowest BCUT2D eigenvalue weighted by Gasteiger charge is -2.34. The summed E-state index contributed by atoms with van der Waals surface area (Å²) < 4.78 is 0. The molecule has 18 heavy (non-hydrogen) atoms. The number of hydrogen-bond acceptors (Lipinski definition) is 2. The molecule has 0 aromatic carbocycles. The number of hydrogen-bond donors (Lipinski definition) is 0. The van der Waals surface area contributed by atoms with E-state index in [4.69, 9.17) is 0 Å². The van der Waals surface area contributed by atoms with E-state index in [1.54, 1.807) is 11.3 Å². The summed E-state index contributed by atoms with van der Waals surface area (Å²) in [5.74, 6) is 0.901. The Kier molecular flexibility index (Phi) is 5.25. The van der Waals surface area contributed by atoms with Crippen LogP contribution in [0.1, 0.15) is 31.1 Å². The normalized spacial score (nSPS) is 24.2. The molecule has 4 heteroatoms. The molecule has 1 aromatic rings. The highest BCUT2D eigenvalue weighted by Gasteiger charge is 2.26. The maximum Gasteiger partial charge on any atom is 0.222 e. The lowest BCUT2D eigenvalue weighted by atomic mass is 9.99. The average Bonchev–Trinajstić information content (AvgIpc) is 2.85.